The number of ether oxygens (including phenoxy) is 1. The zero-order valence-corrected chi connectivity index (χ0v) is 20.6. The Bertz CT molecular complexity index is 1410. The highest BCUT2D eigenvalue weighted by Gasteiger charge is 2.41. The summed E-state index contributed by atoms with van der Waals surface area (Å²) in [6.07, 6.45) is 0.414. The number of nitrogens with zero attached hydrogens (tertiary/aromatic N) is 1. The van der Waals surface area contributed by atoms with E-state index >= 15 is 0 Å². The summed E-state index contributed by atoms with van der Waals surface area (Å²) >= 11 is 0. The fourth-order valence-corrected chi connectivity index (χ4v) is 5.57. The van der Waals surface area contributed by atoms with Crippen LogP contribution in [0.1, 0.15) is 24.5 Å². The molecule has 10 heteroatoms. The summed E-state index contributed by atoms with van der Waals surface area (Å²) < 4.78 is 33.9. The van der Waals surface area contributed by atoms with Gasteiger partial charge < -0.3 is 15.4 Å². The molecule has 2 atom stereocenters. The minimum atomic E-state index is -3.97. The summed E-state index contributed by atoms with van der Waals surface area (Å²) in [5, 5.41) is 9.21. The first-order chi connectivity index (χ1) is 17.2. The third-order valence-electron chi connectivity index (χ3n) is 6.20. The molecule has 4 rings (SSSR count). The molecule has 9 nitrogen and oxygen atoms in total. The van der Waals surface area contributed by atoms with Crippen LogP contribution in [0.2, 0.25) is 0 Å². The molecule has 1 amide bonds. The molecule has 0 radical (unpaired) electrons. The maximum Gasteiger partial charge on any atom is 0.329 e. The van der Waals surface area contributed by atoms with Crippen LogP contribution >= 0.6 is 0 Å². The van der Waals surface area contributed by atoms with Crippen molar-refractivity contribution in [2.75, 3.05) is 13.2 Å². The molecule has 4 N–H and O–H groups in total. The molecule has 1 saturated heterocycles. The maximum absolute atomic E-state index is 13.3. The highest BCUT2D eigenvalue weighted by Crippen LogP contribution is 2.23. The lowest BCUT2D eigenvalue weighted by atomic mass is 10.0. The number of amidine groups is 1. The van der Waals surface area contributed by atoms with Crippen LogP contribution in [0.5, 0.6) is 0 Å². The zero-order valence-electron chi connectivity index (χ0n) is 19.8. The first kappa shape index (κ1) is 25.3. The van der Waals surface area contributed by atoms with E-state index < -0.39 is 34.0 Å². The van der Waals surface area contributed by atoms with Gasteiger partial charge in [0.25, 0.3) is 0 Å². The van der Waals surface area contributed by atoms with Crippen LogP contribution in [0.15, 0.2) is 71.6 Å². The summed E-state index contributed by atoms with van der Waals surface area (Å²) in [7, 11) is -3.97. The molecule has 3 aromatic rings. The SMILES string of the molecule is CCOC(=O)C(Cc1ccc(C(=N)N)cc1)N1CCC(NS(=O)(=O)c2ccc3ccccc3c2)C1=O. The molecule has 0 aliphatic carbocycles. The molecule has 3 aromatic carbocycles. The molecular weight excluding hydrogens is 480 g/mol. The fraction of sp³-hybridized carbons (Fsp3) is 0.269. The number of carbonyl (C=O) groups excluding carboxylic acids is 2. The van der Waals surface area contributed by atoms with Crippen LogP contribution in [0, 0.1) is 5.41 Å². The molecule has 1 heterocycles. The summed E-state index contributed by atoms with van der Waals surface area (Å²) in [5.74, 6) is -1.10. The zero-order chi connectivity index (χ0) is 25.9. The van der Waals surface area contributed by atoms with E-state index in [0.717, 1.165) is 16.3 Å². The van der Waals surface area contributed by atoms with E-state index in [1.54, 1.807) is 43.3 Å². The van der Waals surface area contributed by atoms with Gasteiger partial charge in [-0.1, -0.05) is 54.6 Å². The van der Waals surface area contributed by atoms with E-state index in [-0.39, 0.29) is 36.7 Å². The maximum atomic E-state index is 13.3. The Hall–Kier alpha value is -3.76. The quantitative estimate of drug-likeness (QED) is 0.230. The molecule has 1 aliphatic heterocycles. The summed E-state index contributed by atoms with van der Waals surface area (Å²) in [6, 6.07) is 17.1. The van der Waals surface area contributed by atoms with Crippen LogP contribution in [0.25, 0.3) is 10.8 Å². The Labute approximate surface area is 209 Å². The Morgan fingerprint density at radius 3 is 2.50 bits per heavy atom. The van der Waals surface area contributed by atoms with Gasteiger partial charge in [0.2, 0.25) is 15.9 Å². The molecule has 1 fully saturated rings. The van der Waals surface area contributed by atoms with E-state index in [2.05, 4.69) is 4.72 Å². The van der Waals surface area contributed by atoms with Gasteiger partial charge in [-0.3, -0.25) is 10.2 Å². The highest BCUT2D eigenvalue weighted by molar-refractivity contribution is 7.89. The van der Waals surface area contributed by atoms with Crippen molar-refractivity contribution in [3.8, 4) is 0 Å². The number of esters is 1. The second kappa shape index (κ2) is 10.5. The van der Waals surface area contributed by atoms with Gasteiger partial charge in [-0.2, -0.15) is 4.72 Å². The molecular formula is C26H28N4O5S. The standard InChI is InChI=1S/C26H28N4O5S/c1-2-35-26(32)23(15-17-7-9-19(10-8-17)24(27)28)30-14-13-22(25(30)31)29-36(33,34)21-12-11-18-5-3-4-6-20(18)16-21/h3-12,16,22-23,29H,2,13-15H2,1H3,(H3,27,28). The average molecular weight is 509 g/mol. The lowest BCUT2D eigenvalue weighted by Crippen LogP contribution is -2.48. The third kappa shape index (κ3) is 5.39. The number of nitrogen functional groups attached to an aromatic ring is 1. The van der Waals surface area contributed by atoms with Crippen LogP contribution < -0.4 is 10.5 Å². The van der Waals surface area contributed by atoms with Crippen LogP contribution in [-0.2, 0) is 30.8 Å². The van der Waals surface area contributed by atoms with Gasteiger partial charge in [-0.15, -0.1) is 0 Å². The lowest BCUT2D eigenvalue weighted by molar-refractivity contribution is -0.153. The molecule has 36 heavy (non-hydrogen) atoms. The summed E-state index contributed by atoms with van der Waals surface area (Å²) in [5.41, 5.74) is 6.81. The van der Waals surface area contributed by atoms with E-state index in [4.69, 9.17) is 15.9 Å². The number of nitrogens with one attached hydrogen (secondary N) is 2. The smallest absolute Gasteiger partial charge is 0.329 e. The Kier molecular flexibility index (Phi) is 7.37. The number of carbonyl (C=O) groups is 2. The third-order valence-corrected chi connectivity index (χ3v) is 7.67. The van der Waals surface area contributed by atoms with Gasteiger partial charge in [-0.25, -0.2) is 13.2 Å². The van der Waals surface area contributed by atoms with E-state index in [1.165, 1.54) is 11.0 Å². The molecule has 0 spiro atoms. The molecule has 0 saturated carbocycles. The van der Waals surface area contributed by atoms with Crippen LogP contribution in [-0.4, -0.2) is 56.3 Å². The molecule has 188 valence electrons. The van der Waals surface area contributed by atoms with Crippen molar-refractivity contribution in [1.29, 1.82) is 5.41 Å². The number of nitrogens with two attached hydrogens (primary N) is 1. The molecule has 1 aliphatic rings. The van der Waals surface area contributed by atoms with Crippen molar-refractivity contribution in [3.63, 3.8) is 0 Å². The first-order valence-corrected chi connectivity index (χ1v) is 13.1. The van der Waals surface area contributed by atoms with Crippen molar-refractivity contribution in [2.24, 2.45) is 5.73 Å². The van der Waals surface area contributed by atoms with Gasteiger partial charge in [0, 0.05) is 18.5 Å². The molecule has 2 unspecified atom stereocenters. The van der Waals surface area contributed by atoms with E-state index in [9.17, 15) is 18.0 Å². The summed E-state index contributed by atoms with van der Waals surface area (Å²) in [4.78, 5) is 27.5. The number of hydrogen-bond donors (Lipinski definition) is 3. The van der Waals surface area contributed by atoms with Gasteiger partial charge in [0.05, 0.1) is 11.5 Å². The minimum absolute atomic E-state index is 0.0694. The Morgan fingerprint density at radius 1 is 1.14 bits per heavy atom. The van der Waals surface area contributed by atoms with E-state index in [1.807, 2.05) is 24.3 Å². The highest BCUT2D eigenvalue weighted by atomic mass is 32.2. The molecule has 0 bridgehead atoms. The van der Waals surface area contributed by atoms with Crippen molar-refractivity contribution >= 4 is 38.5 Å². The lowest BCUT2D eigenvalue weighted by Gasteiger charge is -2.26. The Balaban J connectivity index is 1.52. The van der Waals surface area contributed by atoms with E-state index in [0.29, 0.717) is 5.56 Å². The topological polar surface area (TPSA) is 143 Å². The number of rotatable bonds is 9. The predicted molar refractivity (Wildman–Crippen MR) is 136 cm³/mol. The predicted octanol–water partition coefficient (Wildman–Crippen LogP) is 2.18. The summed E-state index contributed by atoms with van der Waals surface area (Å²) in [6.45, 7) is 2.04. The number of hydrogen-bond acceptors (Lipinski definition) is 6. The molecule has 0 aromatic heterocycles. The normalized spacial score (nSPS) is 16.8. The number of sulfonamides is 1. The monoisotopic (exact) mass is 508 g/mol. The largest absolute Gasteiger partial charge is 0.464 e. The second-order valence-corrected chi connectivity index (χ2v) is 10.3. The number of likely N-dealkylation sites (tertiary alicyclic amines) is 1. The van der Waals surface area contributed by atoms with Gasteiger partial charge in [-0.05, 0) is 41.8 Å². The van der Waals surface area contributed by atoms with Crippen molar-refractivity contribution in [1.82, 2.24) is 9.62 Å². The van der Waals surface area contributed by atoms with Gasteiger partial charge in [0.1, 0.15) is 17.9 Å². The van der Waals surface area contributed by atoms with Crippen molar-refractivity contribution in [2.45, 2.75) is 36.7 Å². The number of fused-ring (bicyclic) bond motifs is 1. The number of benzene rings is 3. The van der Waals surface area contributed by atoms with Crippen molar-refractivity contribution in [3.05, 3.63) is 77.9 Å². The van der Waals surface area contributed by atoms with Crippen LogP contribution in [0.3, 0.4) is 0 Å². The fourth-order valence-electron chi connectivity index (χ4n) is 4.31. The van der Waals surface area contributed by atoms with Crippen molar-refractivity contribution < 1.29 is 22.7 Å². The number of amides is 1. The Morgan fingerprint density at radius 2 is 1.83 bits per heavy atom. The second-order valence-electron chi connectivity index (χ2n) is 8.59. The van der Waals surface area contributed by atoms with Gasteiger partial charge in [0.15, 0.2) is 0 Å². The first-order valence-electron chi connectivity index (χ1n) is 11.6. The van der Waals surface area contributed by atoms with Gasteiger partial charge >= 0.3 is 5.97 Å². The minimum Gasteiger partial charge on any atom is -0.464 e. The average Bonchev–Trinajstić information content (AvgIpc) is 3.21. The van der Waals surface area contributed by atoms with Crippen LogP contribution in [0.4, 0.5) is 0 Å².